The quantitative estimate of drug-likeness (QED) is 0.764. The zero-order valence-corrected chi connectivity index (χ0v) is 10.8. The summed E-state index contributed by atoms with van der Waals surface area (Å²) < 4.78 is 1.90. The van der Waals surface area contributed by atoms with Gasteiger partial charge in [-0.25, -0.2) is 0 Å². The summed E-state index contributed by atoms with van der Waals surface area (Å²) in [5.74, 6) is 0.940. The fourth-order valence-electron chi connectivity index (χ4n) is 1.50. The highest BCUT2D eigenvalue weighted by atomic mass is 32.1. The van der Waals surface area contributed by atoms with Crippen molar-refractivity contribution < 1.29 is 0 Å². The first kappa shape index (κ1) is 12.4. The molecule has 0 spiro atoms. The molecule has 2 aromatic rings. The molecular weight excluding hydrogens is 248 g/mol. The number of thiocarbonyl (C=S) groups is 1. The van der Waals surface area contributed by atoms with E-state index in [-0.39, 0.29) is 0 Å². The molecule has 0 amide bonds. The maximum absolute atomic E-state index is 5.48. The van der Waals surface area contributed by atoms with Crippen molar-refractivity contribution in [1.29, 1.82) is 0 Å². The molecule has 7 heteroatoms. The minimum atomic E-state index is 0.306. The van der Waals surface area contributed by atoms with E-state index in [1.54, 1.807) is 18.6 Å². The third-order valence-corrected chi connectivity index (χ3v) is 2.71. The number of rotatable bonds is 5. The molecule has 94 valence electrons. The first-order chi connectivity index (χ1) is 8.66. The zero-order valence-electron chi connectivity index (χ0n) is 10.00. The molecule has 0 unspecified atom stereocenters. The van der Waals surface area contributed by atoms with E-state index in [9.17, 15) is 0 Å². The summed E-state index contributed by atoms with van der Waals surface area (Å²) in [6.45, 7) is 0.765. The minimum absolute atomic E-state index is 0.306. The van der Waals surface area contributed by atoms with Crippen molar-refractivity contribution in [2.24, 2.45) is 12.8 Å². The summed E-state index contributed by atoms with van der Waals surface area (Å²) in [6, 6.07) is 3.70. The molecule has 0 saturated carbocycles. The van der Waals surface area contributed by atoms with E-state index in [0.29, 0.717) is 10.7 Å². The van der Waals surface area contributed by atoms with Gasteiger partial charge in [-0.1, -0.05) is 12.2 Å². The minimum Gasteiger partial charge on any atom is -0.388 e. The van der Waals surface area contributed by atoms with Crippen LogP contribution in [0.2, 0.25) is 0 Å². The first-order valence-corrected chi connectivity index (χ1v) is 5.90. The van der Waals surface area contributed by atoms with Gasteiger partial charge < -0.3 is 15.6 Å². The summed E-state index contributed by atoms with van der Waals surface area (Å²) in [5.41, 5.74) is 7.03. The van der Waals surface area contributed by atoms with Gasteiger partial charge in [0.1, 0.15) is 17.1 Å². The second kappa shape index (κ2) is 5.54. The third-order valence-electron chi connectivity index (χ3n) is 2.50. The number of pyridine rings is 1. The standard InChI is InChI=1S/C11H14N6S/c1-17-7-15-16-10(17)4-5-13-8-2-3-9(11(12)18)14-6-8/h2-3,6-7,13H,4-5H2,1H3,(H2,12,18). The van der Waals surface area contributed by atoms with Gasteiger partial charge in [0.15, 0.2) is 0 Å². The second-order valence-electron chi connectivity index (χ2n) is 3.83. The van der Waals surface area contributed by atoms with Crippen molar-refractivity contribution >= 4 is 22.9 Å². The summed E-state index contributed by atoms with van der Waals surface area (Å²) in [5, 5.41) is 11.1. The van der Waals surface area contributed by atoms with Crippen molar-refractivity contribution in [3.8, 4) is 0 Å². The van der Waals surface area contributed by atoms with E-state index in [1.807, 2.05) is 17.7 Å². The highest BCUT2D eigenvalue weighted by Gasteiger charge is 2.01. The normalized spacial score (nSPS) is 10.3. The van der Waals surface area contributed by atoms with E-state index in [0.717, 1.165) is 24.5 Å². The molecule has 0 aliphatic rings. The van der Waals surface area contributed by atoms with Crippen LogP contribution in [0.25, 0.3) is 0 Å². The summed E-state index contributed by atoms with van der Waals surface area (Å²) >= 11 is 4.84. The predicted molar refractivity (Wildman–Crippen MR) is 73.3 cm³/mol. The lowest BCUT2D eigenvalue weighted by atomic mass is 10.3. The molecular formula is C11H14N6S. The average molecular weight is 262 g/mol. The van der Waals surface area contributed by atoms with E-state index in [2.05, 4.69) is 20.5 Å². The van der Waals surface area contributed by atoms with Crippen molar-refractivity contribution in [2.45, 2.75) is 6.42 Å². The van der Waals surface area contributed by atoms with E-state index < -0.39 is 0 Å². The zero-order chi connectivity index (χ0) is 13.0. The van der Waals surface area contributed by atoms with Gasteiger partial charge in [-0.05, 0) is 12.1 Å². The van der Waals surface area contributed by atoms with Crippen LogP contribution in [0.15, 0.2) is 24.7 Å². The van der Waals surface area contributed by atoms with E-state index >= 15 is 0 Å². The van der Waals surface area contributed by atoms with Crippen molar-refractivity contribution in [1.82, 2.24) is 19.7 Å². The smallest absolute Gasteiger partial charge is 0.134 e. The van der Waals surface area contributed by atoms with Crippen LogP contribution >= 0.6 is 12.2 Å². The summed E-state index contributed by atoms with van der Waals surface area (Å²) in [7, 11) is 1.92. The van der Waals surface area contributed by atoms with Crippen LogP contribution in [0.1, 0.15) is 11.5 Å². The molecule has 0 bridgehead atoms. The maximum Gasteiger partial charge on any atom is 0.134 e. The summed E-state index contributed by atoms with van der Waals surface area (Å²) in [4.78, 5) is 4.46. The van der Waals surface area contributed by atoms with Gasteiger partial charge in [0.2, 0.25) is 0 Å². The van der Waals surface area contributed by atoms with Crippen LogP contribution in [0.4, 0.5) is 5.69 Å². The Balaban J connectivity index is 1.87. The Labute approximate surface area is 110 Å². The SMILES string of the molecule is Cn1cnnc1CCNc1ccc(C(N)=S)nc1. The number of nitrogens with two attached hydrogens (primary N) is 1. The van der Waals surface area contributed by atoms with Crippen LogP contribution in [0.3, 0.4) is 0 Å². The molecule has 3 N–H and O–H groups in total. The van der Waals surface area contributed by atoms with Crippen molar-refractivity contribution in [3.05, 3.63) is 36.2 Å². The fourth-order valence-corrected chi connectivity index (χ4v) is 1.62. The summed E-state index contributed by atoms with van der Waals surface area (Å²) in [6.07, 6.45) is 4.20. The molecule has 0 radical (unpaired) electrons. The van der Waals surface area contributed by atoms with Crippen LogP contribution in [-0.4, -0.2) is 31.3 Å². The molecule has 0 atom stereocenters. The van der Waals surface area contributed by atoms with Gasteiger partial charge in [-0.2, -0.15) is 0 Å². The molecule has 0 saturated heterocycles. The number of hydrogen-bond acceptors (Lipinski definition) is 5. The fraction of sp³-hybridized carbons (Fsp3) is 0.273. The number of aromatic nitrogens is 4. The van der Waals surface area contributed by atoms with E-state index in [4.69, 9.17) is 18.0 Å². The number of nitrogens with zero attached hydrogens (tertiary/aromatic N) is 4. The van der Waals surface area contributed by atoms with Crippen molar-refractivity contribution in [2.75, 3.05) is 11.9 Å². The van der Waals surface area contributed by atoms with Crippen LogP contribution in [-0.2, 0) is 13.5 Å². The van der Waals surface area contributed by atoms with E-state index in [1.165, 1.54) is 0 Å². The highest BCUT2D eigenvalue weighted by Crippen LogP contribution is 2.06. The van der Waals surface area contributed by atoms with Gasteiger partial charge in [-0.15, -0.1) is 10.2 Å². The molecule has 0 aliphatic heterocycles. The Bertz CT molecular complexity index is 533. The lowest BCUT2D eigenvalue weighted by molar-refractivity contribution is 0.788. The van der Waals surface area contributed by atoms with Gasteiger partial charge in [-0.3, -0.25) is 4.98 Å². The lowest BCUT2D eigenvalue weighted by Gasteiger charge is -2.06. The maximum atomic E-state index is 5.48. The molecule has 0 fully saturated rings. The highest BCUT2D eigenvalue weighted by molar-refractivity contribution is 7.80. The number of nitrogens with one attached hydrogen (secondary N) is 1. The Morgan fingerprint density at radius 3 is 2.89 bits per heavy atom. The largest absolute Gasteiger partial charge is 0.388 e. The first-order valence-electron chi connectivity index (χ1n) is 5.49. The molecule has 0 aromatic carbocycles. The monoisotopic (exact) mass is 262 g/mol. The number of anilines is 1. The van der Waals surface area contributed by atoms with Crippen LogP contribution in [0.5, 0.6) is 0 Å². The molecule has 2 aromatic heterocycles. The Morgan fingerprint density at radius 2 is 2.33 bits per heavy atom. The molecule has 6 nitrogen and oxygen atoms in total. The Morgan fingerprint density at radius 1 is 1.50 bits per heavy atom. The topological polar surface area (TPSA) is 81.7 Å². The van der Waals surface area contributed by atoms with Gasteiger partial charge >= 0.3 is 0 Å². The average Bonchev–Trinajstić information content (AvgIpc) is 2.76. The van der Waals surface area contributed by atoms with Gasteiger partial charge in [0.05, 0.1) is 17.6 Å². The number of aryl methyl sites for hydroxylation is 1. The molecule has 18 heavy (non-hydrogen) atoms. The molecule has 2 rings (SSSR count). The lowest BCUT2D eigenvalue weighted by Crippen LogP contribution is -2.12. The van der Waals surface area contributed by atoms with Crippen molar-refractivity contribution in [3.63, 3.8) is 0 Å². The van der Waals surface area contributed by atoms with Gasteiger partial charge in [0.25, 0.3) is 0 Å². The Hall–Kier alpha value is -2.02. The van der Waals surface area contributed by atoms with Gasteiger partial charge in [0, 0.05) is 20.0 Å². The Kier molecular flexibility index (Phi) is 3.83. The van der Waals surface area contributed by atoms with Crippen LogP contribution in [0, 0.1) is 0 Å². The second-order valence-corrected chi connectivity index (χ2v) is 4.27. The number of hydrogen-bond donors (Lipinski definition) is 2. The van der Waals surface area contributed by atoms with Crippen LogP contribution < -0.4 is 11.1 Å². The molecule has 2 heterocycles. The predicted octanol–water partition coefficient (Wildman–Crippen LogP) is 0.499. The third kappa shape index (κ3) is 3.01. The molecule has 0 aliphatic carbocycles.